The van der Waals surface area contributed by atoms with Gasteiger partial charge < -0.3 is 10.5 Å². The molecule has 2 rings (SSSR count). The number of hydrogen-bond acceptors (Lipinski definition) is 6. The van der Waals surface area contributed by atoms with Crippen LogP contribution >= 0.6 is 27.3 Å². The number of sulfonamides is 1. The topological polar surface area (TPSA) is 89.7 Å². The molecule has 1 aromatic heterocycles. The first kappa shape index (κ1) is 16.9. The molecule has 118 valence electrons. The third-order valence-electron chi connectivity index (χ3n) is 3.48. The zero-order valence-electron chi connectivity index (χ0n) is 11.7. The van der Waals surface area contributed by atoms with Gasteiger partial charge in [-0.1, -0.05) is 0 Å². The Balaban J connectivity index is 2.36. The summed E-state index contributed by atoms with van der Waals surface area (Å²) in [5, 5.41) is 0. The monoisotopic (exact) mass is 396 g/mol. The van der Waals surface area contributed by atoms with E-state index in [1.807, 2.05) is 6.92 Å². The molecule has 21 heavy (non-hydrogen) atoms. The molecule has 1 aliphatic rings. The lowest BCUT2D eigenvalue weighted by atomic mass is 10.0. The molecule has 2 unspecified atom stereocenters. The number of nitrogens with zero attached hydrogens (tertiary/aromatic N) is 1. The van der Waals surface area contributed by atoms with Gasteiger partial charge in [-0.25, -0.2) is 13.2 Å². The molecule has 0 amide bonds. The predicted octanol–water partition coefficient (Wildman–Crippen LogP) is 1.80. The zero-order chi connectivity index (χ0) is 15.8. The number of esters is 1. The van der Waals surface area contributed by atoms with Crippen LogP contribution in [0.3, 0.4) is 0 Å². The van der Waals surface area contributed by atoms with Crippen LogP contribution in [0.25, 0.3) is 0 Å². The van der Waals surface area contributed by atoms with Crippen LogP contribution in [0, 0.1) is 0 Å². The van der Waals surface area contributed by atoms with Gasteiger partial charge in [0.15, 0.2) is 0 Å². The van der Waals surface area contributed by atoms with Gasteiger partial charge in [-0.05, 0) is 41.8 Å². The van der Waals surface area contributed by atoms with E-state index < -0.39 is 16.0 Å². The van der Waals surface area contributed by atoms with Crippen LogP contribution in [0.4, 0.5) is 0 Å². The maximum absolute atomic E-state index is 12.8. The number of methoxy groups -OCH3 is 1. The first-order chi connectivity index (χ1) is 9.77. The molecule has 9 heteroatoms. The van der Waals surface area contributed by atoms with E-state index in [-0.39, 0.29) is 21.9 Å². The number of ether oxygens (including phenoxy) is 1. The van der Waals surface area contributed by atoms with Crippen LogP contribution in [0.5, 0.6) is 0 Å². The van der Waals surface area contributed by atoms with Crippen molar-refractivity contribution < 1.29 is 17.9 Å². The number of carbonyl (C=O) groups excluding carboxylic acids is 1. The Labute approximate surface area is 136 Å². The van der Waals surface area contributed by atoms with E-state index in [1.54, 1.807) is 0 Å². The molecule has 1 aromatic rings. The van der Waals surface area contributed by atoms with Crippen molar-refractivity contribution in [3.8, 4) is 0 Å². The molecular weight excluding hydrogens is 380 g/mol. The molecule has 2 atom stereocenters. The molecule has 1 saturated heterocycles. The Kier molecular flexibility index (Phi) is 5.09. The number of nitrogens with two attached hydrogens (primary N) is 1. The van der Waals surface area contributed by atoms with E-state index in [0.717, 1.165) is 11.3 Å². The first-order valence-electron chi connectivity index (χ1n) is 6.42. The van der Waals surface area contributed by atoms with Crippen molar-refractivity contribution in [1.29, 1.82) is 0 Å². The van der Waals surface area contributed by atoms with Crippen LogP contribution in [0.1, 0.15) is 29.4 Å². The Hall–Kier alpha value is -0.480. The summed E-state index contributed by atoms with van der Waals surface area (Å²) >= 11 is 4.28. The third-order valence-corrected chi connectivity index (χ3v) is 7.73. The second-order valence-corrected chi connectivity index (χ2v) is 9.22. The second kappa shape index (κ2) is 6.33. The molecule has 1 fully saturated rings. The highest BCUT2D eigenvalue weighted by Crippen LogP contribution is 2.35. The fourth-order valence-electron chi connectivity index (χ4n) is 2.40. The normalized spacial score (nSPS) is 24.0. The summed E-state index contributed by atoms with van der Waals surface area (Å²) in [5.41, 5.74) is 5.87. The number of piperidine rings is 1. The van der Waals surface area contributed by atoms with Crippen molar-refractivity contribution in [3.63, 3.8) is 0 Å². The number of carbonyl (C=O) groups is 1. The summed E-state index contributed by atoms with van der Waals surface area (Å²) in [4.78, 5) is 11.9. The SMILES string of the molecule is COC(=O)c1cc(S(=O)(=O)N2CCC(N)CC2C)c(Br)s1. The number of halogens is 1. The summed E-state index contributed by atoms with van der Waals surface area (Å²) in [7, 11) is -2.39. The van der Waals surface area contributed by atoms with Gasteiger partial charge in [0.05, 0.1) is 10.9 Å². The van der Waals surface area contributed by atoms with Gasteiger partial charge in [0.1, 0.15) is 9.77 Å². The molecule has 0 saturated carbocycles. The largest absolute Gasteiger partial charge is 0.465 e. The van der Waals surface area contributed by atoms with E-state index in [0.29, 0.717) is 23.2 Å². The zero-order valence-corrected chi connectivity index (χ0v) is 14.9. The van der Waals surface area contributed by atoms with Crippen LogP contribution in [0.2, 0.25) is 0 Å². The minimum Gasteiger partial charge on any atom is -0.465 e. The standard InChI is InChI=1S/C12H17BrN2O4S2/c1-7-5-8(14)3-4-15(7)21(17,18)10-6-9(12(16)19-2)20-11(10)13/h6-8H,3-5,14H2,1-2H3. The molecule has 0 radical (unpaired) electrons. The lowest BCUT2D eigenvalue weighted by molar-refractivity contribution is 0.0606. The van der Waals surface area contributed by atoms with Gasteiger partial charge in [-0.2, -0.15) is 4.31 Å². The fraction of sp³-hybridized carbons (Fsp3) is 0.583. The molecule has 0 aromatic carbocycles. The molecule has 0 aliphatic carbocycles. The maximum Gasteiger partial charge on any atom is 0.348 e. The number of rotatable bonds is 3. The average Bonchev–Trinajstić information content (AvgIpc) is 2.80. The van der Waals surface area contributed by atoms with Gasteiger partial charge in [-0.15, -0.1) is 11.3 Å². The van der Waals surface area contributed by atoms with E-state index in [1.165, 1.54) is 17.5 Å². The highest BCUT2D eigenvalue weighted by molar-refractivity contribution is 9.11. The molecule has 1 aliphatic heterocycles. The summed E-state index contributed by atoms with van der Waals surface area (Å²) < 4.78 is 32.0. The van der Waals surface area contributed by atoms with Gasteiger partial charge in [0.25, 0.3) is 0 Å². The molecule has 2 N–H and O–H groups in total. The smallest absolute Gasteiger partial charge is 0.348 e. The molecular formula is C12H17BrN2O4S2. The molecule has 0 spiro atoms. The Morgan fingerprint density at radius 3 is 2.81 bits per heavy atom. The van der Waals surface area contributed by atoms with Crippen molar-refractivity contribution in [3.05, 3.63) is 14.7 Å². The van der Waals surface area contributed by atoms with Crippen molar-refractivity contribution in [2.75, 3.05) is 13.7 Å². The first-order valence-corrected chi connectivity index (χ1v) is 9.47. The highest BCUT2D eigenvalue weighted by Gasteiger charge is 2.35. The van der Waals surface area contributed by atoms with Crippen molar-refractivity contribution in [2.24, 2.45) is 5.73 Å². The number of hydrogen-bond donors (Lipinski definition) is 1. The van der Waals surface area contributed by atoms with Gasteiger partial charge in [0, 0.05) is 18.6 Å². The lowest BCUT2D eigenvalue weighted by Gasteiger charge is -2.35. The summed E-state index contributed by atoms with van der Waals surface area (Å²) in [6, 6.07) is 1.23. The van der Waals surface area contributed by atoms with E-state index in [9.17, 15) is 13.2 Å². The van der Waals surface area contributed by atoms with Crippen LogP contribution in [0.15, 0.2) is 14.7 Å². The van der Waals surface area contributed by atoms with Gasteiger partial charge in [0.2, 0.25) is 10.0 Å². The Bertz CT molecular complexity index is 644. The number of thiophene rings is 1. The highest BCUT2D eigenvalue weighted by atomic mass is 79.9. The van der Waals surface area contributed by atoms with E-state index >= 15 is 0 Å². The minimum absolute atomic E-state index is 0.0306. The summed E-state index contributed by atoms with van der Waals surface area (Å²) in [6.07, 6.45) is 1.26. The van der Waals surface area contributed by atoms with E-state index in [4.69, 9.17) is 5.73 Å². The fourth-order valence-corrected chi connectivity index (χ4v) is 6.49. The molecule has 6 nitrogen and oxygen atoms in total. The Morgan fingerprint density at radius 1 is 1.57 bits per heavy atom. The quantitative estimate of drug-likeness (QED) is 0.786. The third kappa shape index (κ3) is 3.31. The Morgan fingerprint density at radius 2 is 2.24 bits per heavy atom. The van der Waals surface area contributed by atoms with Gasteiger partial charge >= 0.3 is 5.97 Å². The van der Waals surface area contributed by atoms with Crippen LogP contribution in [-0.4, -0.2) is 44.4 Å². The van der Waals surface area contributed by atoms with Crippen LogP contribution in [-0.2, 0) is 14.8 Å². The van der Waals surface area contributed by atoms with Crippen LogP contribution < -0.4 is 5.73 Å². The minimum atomic E-state index is -3.65. The molecule has 2 heterocycles. The predicted molar refractivity (Wildman–Crippen MR) is 83.9 cm³/mol. The lowest BCUT2D eigenvalue weighted by Crippen LogP contribution is -2.48. The summed E-state index contributed by atoms with van der Waals surface area (Å²) in [5.74, 6) is -0.545. The van der Waals surface area contributed by atoms with E-state index in [2.05, 4.69) is 20.7 Å². The molecule has 0 bridgehead atoms. The van der Waals surface area contributed by atoms with Crippen molar-refractivity contribution in [1.82, 2.24) is 4.31 Å². The van der Waals surface area contributed by atoms with Gasteiger partial charge in [-0.3, -0.25) is 0 Å². The summed E-state index contributed by atoms with van der Waals surface area (Å²) in [6.45, 7) is 2.23. The van der Waals surface area contributed by atoms with Crippen molar-refractivity contribution in [2.45, 2.75) is 36.7 Å². The average molecular weight is 397 g/mol. The second-order valence-electron chi connectivity index (χ2n) is 4.99. The van der Waals surface area contributed by atoms with Crippen molar-refractivity contribution >= 4 is 43.3 Å². The maximum atomic E-state index is 12.8.